The van der Waals surface area contributed by atoms with E-state index >= 15 is 0 Å². The normalized spacial score (nSPS) is 17.4. The van der Waals surface area contributed by atoms with Gasteiger partial charge in [-0.05, 0) is 38.6 Å². The van der Waals surface area contributed by atoms with Crippen LogP contribution in [0.1, 0.15) is 44.9 Å². The average Bonchev–Trinajstić information content (AvgIpc) is 2.75. The van der Waals surface area contributed by atoms with E-state index in [1.54, 1.807) is 0 Å². The first kappa shape index (κ1) is 12.9. The Labute approximate surface area is 93.2 Å². The number of hydrogen-bond donors (Lipinski definition) is 2. The molecule has 3 heteroatoms. The lowest BCUT2D eigenvalue weighted by Crippen LogP contribution is -2.27. The first-order chi connectivity index (χ1) is 7.43. The average molecular weight is 215 g/mol. The quantitative estimate of drug-likeness (QED) is 0.575. The molecule has 1 fully saturated rings. The van der Waals surface area contributed by atoms with Crippen molar-refractivity contribution in [3.63, 3.8) is 0 Å². The van der Waals surface area contributed by atoms with Crippen LogP contribution >= 0.6 is 0 Å². The number of rotatable bonds is 9. The van der Waals surface area contributed by atoms with E-state index in [1.165, 1.54) is 32.1 Å². The third-order valence-corrected chi connectivity index (χ3v) is 2.95. The van der Waals surface area contributed by atoms with Gasteiger partial charge >= 0.3 is 0 Å². The molecule has 0 atom stereocenters. The maximum absolute atomic E-state index is 8.54. The van der Waals surface area contributed by atoms with Gasteiger partial charge in [-0.2, -0.15) is 0 Å². The van der Waals surface area contributed by atoms with Gasteiger partial charge in [0.2, 0.25) is 0 Å². The zero-order valence-electron chi connectivity index (χ0n) is 9.71. The Morgan fingerprint density at radius 2 is 1.80 bits per heavy atom. The third kappa shape index (κ3) is 6.88. The molecular weight excluding hydrogens is 190 g/mol. The van der Waals surface area contributed by atoms with E-state index in [0.29, 0.717) is 6.61 Å². The molecule has 0 aromatic carbocycles. The molecule has 0 spiro atoms. The van der Waals surface area contributed by atoms with Crippen LogP contribution in [0, 0.1) is 0 Å². The molecule has 1 rings (SSSR count). The Bertz CT molecular complexity index is 136. The van der Waals surface area contributed by atoms with Crippen molar-refractivity contribution < 1.29 is 9.84 Å². The molecule has 2 N–H and O–H groups in total. The topological polar surface area (TPSA) is 41.5 Å². The Kier molecular flexibility index (Phi) is 7.88. The summed E-state index contributed by atoms with van der Waals surface area (Å²) in [4.78, 5) is 0. The molecule has 0 aromatic heterocycles. The first-order valence-corrected chi connectivity index (χ1v) is 6.35. The number of unbranched alkanes of at least 4 members (excludes halogenated alkanes) is 1. The minimum atomic E-state index is 0.239. The van der Waals surface area contributed by atoms with E-state index in [-0.39, 0.29) is 6.61 Å². The molecule has 0 radical (unpaired) electrons. The van der Waals surface area contributed by atoms with Crippen molar-refractivity contribution in [1.29, 1.82) is 0 Å². The molecule has 0 amide bonds. The summed E-state index contributed by atoms with van der Waals surface area (Å²) in [6.45, 7) is 2.91. The van der Waals surface area contributed by atoms with Crippen LogP contribution in [0.15, 0.2) is 0 Å². The summed E-state index contributed by atoms with van der Waals surface area (Å²) in [5.74, 6) is 0. The van der Waals surface area contributed by atoms with Crippen LogP contribution in [0.2, 0.25) is 0 Å². The number of aliphatic hydroxyl groups excluding tert-OH is 1. The van der Waals surface area contributed by atoms with Gasteiger partial charge in [0.25, 0.3) is 0 Å². The van der Waals surface area contributed by atoms with Crippen molar-refractivity contribution in [2.45, 2.75) is 51.0 Å². The third-order valence-electron chi connectivity index (χ3n) is 2.95. The smallest absolute Gasteiger partial charge is 0.0487 e. The highest BCUT2D eigenvalue weighted by atomic mass is 16.5. The van der Waals surface area contributed by atoms with Gasteiger partial charge in [0.1, 0.15) is 0 Å². The fourth-order valence-corrected chi connectivity index (χ4v) is 2.03. The molecule has 0 saturated heterocycles. The van der Waals surface area contributed by atoms with Gasteiger partial charge in [-0.15, -0.1) is 0 Å². The van der Waals surface area contributed by atoms with Gasteiger partial charge in [0.15, 0.2) is 0 Å². The summed E-state index contributed by atoms with van der Waals surface area (Å²) >= 11 is 0. The summed E-state index contributed by atoms with van der Waals surface area (Å²) in [6.07, 6.45) is 8.64. The van der Waals surface area contributed by atoms with Gasteiger partial charge in [-0.3, -0.25) is 0 Å². The lowest BCUT2D eigenvalue weighted by Gasteiger charge is -2.11. The van der Waals surface area contributed by atoms with E-state index < -0.39 is 0 Å². The van der Waals surface area contributed by atoms with E-state index in [9.17, 15) is 0 Å². The van der Waals surface area contributed by atoms with Crippen molar-refractivity contribution in [2.75, 3.05) is 26.4 Å². The second-order valence-corrected chi connectivity index (χ2v) is 4.33. The highest BCUT2D eigenvalue weighted by molar-refractivity contribution is 4.73. The Morgan fingerprint density at radius 3 is 2.53 bits per heavy atom. The summed E-state index contributed by atoms with van der Waals surface area (Å²) in [5.41, 5.74) is 0. The van der Waals surface area contributed by atoms with E-state index in [1.807, 2.05) is 0 Å². The second-order valence-electron chi connectivity index (χ2n) is 4.33. The fourth-order valence-electron chi connectivity index (χ4n) is 2.03. The first-order valence-electron chi connectivity index (χ1n) is 6.35. The predicted molar refractivity (Wildman–Crippen MR) is 62.0 cm³/mol. The summed E-state index contributed by atoms with van der Waals surface area (Å²) in [6, 6.07) is 0.792. The summed E-state index contributed by atoms with van der Waals surface area (Å²) in [5, 5.41) is 12.1. The molecule has 0 heterocycles. The molecular formula is C12H25NO2. The molecule has 0 unspecified atom stereocenters. The van der Waals surface area contributed by atoms with Gasteiger partial charge in [0, 0.05) is 25.9 Å². The van der Waals surface area contributed by atoms with Gasteiger partial charge < -0.3 is 15.2 Å². The number of ether oxygens (including phenoxy) is 1. The van der Waals surface area contributed by atoms with Gasteiger partial charge in [-0.25, -0.2) is 0 Å². The molecule has 1 saturated carbocycles. The lowest BCUT2D eigenvalue weighted by atomic mass is 10.2. The SMILES string of the molecule is OCCCOCCCCNC1CCCC1. The number of aliphatic hydroxyl groups is 1. The van der Waals surface area contributed by atoms with Crippen molar-refractivity contribution in [2.24, 2.45) is 0 Å². The maximum Gasteiger partial charge on any atom is 0.0487 e. The van der Waals surface area contributed by atoms with Crippen LogP contribution in [0.25, 0.3) is 0 Å². The molecule has 15 heavy (non-hydrogen) atoms. The number of nitrogens with one attached hydrogen (secondary N) is 1. The standard InChI is InChI=1S/C12H25NO2/c14-9-5-11-15-10-4-3-8-13-12-6-1-2-7-12/h12-14H,1-11H2. The molecule has 0 aromatic rings. The highest BCUT2D eigenvalue weighted by Gasteiger charge is 2.12. The fraction of sp³-hybridized carbons (Fsp3) is 1.00. The van der Waals surface area contributed by atoms with Crippen molar-refractivity contribution in [3.05, 3.63) is 0 Å². The van der Waals surface area contributed by atoms with Crippen LogP contribution in [0.5, 0.6) is 0 Å². The Hall–Kier alpha value is -0.120. The van der Waals surface area contributed by atoms with Crippen LogP contribution < -0.4 is 5.32 Å². The van der Waals surface area contributed by atoms with Crippen molar-refractivity contribution in [1.82, 2.24) is 5.32 Å². The van der Waals surface area contributed by atoms with E-state index in [0.717, 1.165) is 32.0 Å². The van der Waals surface area contributed by atoms with Crippen molar-refractivity contribution in [3.8, 4) is 0 Å². The van der Waals surface area contributed by atoms with Crippen LogP contribution in [-0.4, -0.2) is 37.5 Å². The summed E-state index contributed by atoms with van der Waals surface area (Å²) < 4.78 is 5.36. The minimum Gasteiger partial charge on any atom is -0.396 e. The molecule has 1 aliphatic carbocycles. The largest absolute Gasteiger partial charge is 0.396 e. The second kappa shape index (κ2) is 9.13. The highest BCUT2D eigenvalue weighted by Crippen LogP contribution is 2.17. The Morgan fingerprint density at radius 1 is 1.07 bits per heavy atom. The maximum atomic E-state index is 8.54. The van der Waals surface area contributed by atoms with E-state index in [4.69, 9.17) is 9.84 Å². The van der Waals surface area contributed by atoms with Gasteiger partial charge in [-0.1, -0.05) is 12.8 Å². The lowest BCUT2D eigenvalue weighted by molar-refractivity contribution is 0.113. The minimum absolute atomic E-state index is 0.239. The molecule has 0 aliphatic heterocycles. The van der Waals surface area contributed by atoms with E-state index in [2.05, 4.69) is 5.32 Å². The summed E-state index contributed by atoms with van der Waals surface area (Å²) in [7, 11) is 0. The molecule has 0 bridgehead atoms. The van der Waals surface area contributed by atoms with Crippen LogP contribution in [0.4, 0.5) is 0 Å². The monoisotopic (exact) mass is 215 g/mol. The van der Waals surface area contributed by atoms with Crippen LogP contribution in [0.3, 0.4) is 0 Å². The Balaban J connectivity index is 1.73. The molecule has 3 nitrogen and oxygen atoms in total. The van der Waals surface area contributed by atoms with Crippen LogP contribution in [-0.2, 0) is 4.74 Å². The zero-order valence-corrected chi connectivity index (χ0v) is 9.71. The predicted octanol–water partition coefficient (Wildman–Crippen LogP) is 1.70. The zero-order chi connectivity index (χ0) is 10.8. The van der Waals surface area contributed by atoms with Gasteiger partial charge in [0.05, 0.1) is 0 Å². The number of hydrogen-bond acceptors (Lipinski definition) is 3. The molecule has 1 aliphatic rings. The molecule has 90 valence electrons. The van der Waals surface area contributed by atoms with Crippen molar-refractivity contribution >= 4 is 0 Å².